The van der Waals surface area contributed by atoms with Gasteiger partial charge in [-0.2, -0.15) is 0 Å². The number of methoxy groups -OCH3 is 1. The first-order valence-corrected chi connectivity index (χ1v) is 7.37. The molecule has 116 valence electrons. The van der Waals surface area contributed by atoms with Crippen molar-refractivity contribution in [2.24, 2.45) is 5.41 Å². The third-order valence-corrected chi connectivity index (χ3v) is 4.71. The highest BCUT2D eigenvalue weighted by molar-refractivity contribution is 5.94. The molecular formula is C16H23ClN2O2. The molecule has 4 nitrogen and oxygen atoms in total. The van der Waals surface area contributed by atoms with Gasteiger partial charge in [0.25, 0.3) is 5.91 Å². The summed E-state index contributed by atoms with van der Waals surface area (Å²) in [7, 11) is 1.63. The summed E-state index contributed by atoms with van der Waals surface area (Å²) in [6.45, 7) is 3.96. The van der Waals surface area contributed by atoms with Gasteiger partial charge in [-0.1, -0.05) is 6.07 Å². The number of hydrogen-bond acceptors (Lipinski definition) is 3. The molecule has 1 aromatic carbocycles. The van der Waals surface area contributed by atoms with Crippen LogP contribution >= 0.6 is 12.4 Å². The fourth-order valence-electron chi connectivity index (χ4n) is 3.41. The van der Waals surface area contributed by atoms with Gasteiger partial charge >= 0.3 is 0 Å². The number of piperidine rings is 1. The number of hydrogen-bond donors (Lipinski definition) is 1. The van der Waals surface area contributed by atoms with Crippen LogP contribution in [0.2, 0.25) is 0 Å². The summed E-state index contributed by atoms with van der Waals surface area (Å²) in [4.78, 5) is 14.6. The molecule has 0 radical (unpaired) electrons. The van der Waals surface area contributed by atoms with Crippen LogP contribution in [0.1, 0.15) is 29.6 Å². The van der Waals surface area contributed by atoms with Crippen molar-refractivity contribution < 1.29 is 9.53 Å². The van der Waals surface area contributed by atoms with Crippen LogP contribution in [0.4, 0.5) is 0 Å². The van der Waals surface area contributed by atoms with E-state index in [0.29, 0.717) is 5.41 Å². The van der Waals surface area contributed by atoms with Crippen molar-refractivity contribution in [3.63, 3.8) is 0 Å². The van der Waals surface area contributed by atoms with Crippen molar-refractivity contribution >= 4 is 18.3 Å². The number of carbonyl (C=O) groups is 1. The van der Waals surface area contributed by atoms with Gasteiger partial charge in [-0.05, 0) is 56.0 Å². The van der Waals surface area contributed by atoms with Gasteiger partial charge in [0.05, 0.1) is 7.11 Å². The second-order valence-electron chi connectivity index (χ2n) is 5.96. The minimum Gasteiger partial charge on any atom is -0.497 e. The number of rotatable bonds is 2. The van der Waals surface area contributed by atoms with E-state index in [-0.39, 0.29) is 18.3 Å². The molecule has 2 saturated heterocycles. The average Bonchev–Trinajstić information content (AvgIpc) is 2.91. The standard InChI is InChI=1S/C16H22N2O2.ClH/c1-20-14-4-2-3-13(11-14)15(19)18-10-7-16(12-18)5-8-17-9-6-16;/h2-4,11,17H,5-10,12H2,1H3;1H. The Bertz CT molecular complexity index is 501. The van der Waals surface area contributed by atoms with Crippen LogP contribution < -0.4 is 10.1 Å². The summed E-state index contributed by atoms with van der Waals surface area (Å²) in [5, 5.41) is 3.41. The zero-order valence-electron chi connectivity index (χ0n) is 12.4. The van der Waals surface area contributed by atoms with Crippen LogP contribution in [0.15, 0.2) is 24.3 Å². The Morgan fingerprint density at radius 2 is 2.05 bits per heavy atom. The smallest absolute Gasteiger partial charge is 0.254 e. The highest BCUT2D eigenvalue weighted by Crippen LogP contribution is 2.39. The quantitative estimate of drug-likeness (QED) is 0.911. The van der Waals surface area contributed by atoms with E-state index in [9.17, 15) is 4.79 Å². The molecule has 2 fully saturated rings. The Morgan fingerprint density at radius 1 is 1.29 bits per heavy atom. The lowest BCUT2D eigenvalue weighted by atomic mass is 9.78. The van der Waals surface area contributed by atoms with E-state index in [1.54, 1.807) is 7.11 Å². The molecule has 0 saturated carbocycles. The zero-order chi connectivity index (χ0) is 14.0. The van der Waals surface area contributed by atoms with Gasteiger partial charge < -0.3 is 15.0 Å². The van der Waals surface area contributed by atoms with Crippen molar-refractivity contribution in [3.8, 4) is 5.75 Å². The molecule has 0 aliphatic carbocycles. The van der Waals surface area contributed by atoms with Gasteiger partial charge in [-0.3, -0.25) is 4.79 Å². The number of nitrogens with zero attached hydrogens (tertiary/aromatic N) is 1. The average molecular weight is 311 g/mol. The SMILES string of the molecule is COc1cccc(C(=O)N2CCC3(CCNCC3)C2)c1.Cl. The van der Waals surface area contributed by atoms with Crippen LogP contribution in [-0.4, -0.2) is 44.1 Å². The molecule has 1 N–H and O–H groups in total. The number of halogens is 1. The number of nitrogens with one attached hydrogen (secondary N) is 1. The molecule has 2 heterocycles. The Kier molecular flexibility index (Phi) is 5.12. The van der Waals surface area contributed by atoms with E-state index in [1.807, 2.05) is 29.2 Å². The molecule has 3 rings (SSSR count). The molecule has 0 unspecified atom stereocenters. The van der Waals surface area contributed by atoms with E-state index in [4.69, 9.17) is 4.74 Å². The van der Waals surface area contributed by atoms with Gasteiger partial charge in [0, 0.05) is 18.7 Å². The summed E-state index contributed by atoms with van der Waals surface area (Å²) >= 11 is 0. The summed E-state index contributed by atoms with van der Waals surface area (Å²) < 4.78 is 5.20. The third kappa shape index (κ3) is 3.33. The normalized spacial score (nSPS) is 20.1. The van der Waals surface area contributed by atoms with Crippen LogP contribution in [0, 0.1) is 5.41 Å². The maximum Gasteiger partial charge on any atom is 0.254 e. The molecule has 0 aromatic heterocycles. The fraction of sp³-hybridized carbons (Fsp3) is 0.562. The zero-order valence-corrected chi connectivity index (χ0v) is 13.2. The predicted octanol–water partition coefficient (Wildman–Crippen LogP) is 2.33. The molecule has 2 aliphatic heterocycles. The topological polar surface area (TPSA) is 41.6 Å². The molecule has 0 atom stereocenters. The highest BCUT2D eigenvalue weighted by atomic mass is 35.5. The van der Waals surface area contributed by atoms with Crippen LogP contribution in [0.3, 0.4) is 0 Å². The van der Waals surface area contributed by atoms with Crippen molar-refractivity contribution in [1.82, 2.24) is 10.2 Å². The summed E-state index contributed by atoms with van der Waals surface area (Å²) in [5.41, 5.74) is 1.09. The van der Waals surface area contributed by atoms with Gasteiger partial charge in [0.1, 0.15) is 5.75 Å². The van der Waals surface area contributed by atoms with E-state index in [2.05, 4.69) is 5.32 Å². The Labute approximate surface area is 132 Å². The number of carbonyl (C=O) groups excluding carboxylic acids is 1. The monoisotopic (exact) mass is 310 g/mol. The van der Waals surface area contributed by atoms with Crippen molar-refractivity contribution in [2.45, 2.75) is 19.3 Å². The molecule has 21 heavy (non-hydrogen) atoms. The lowest BCUT2D eigenvalue weighted by molar-refractivity contribution is 0.0761. The van der Waals surface area contributed by atoms with Crippen molar-refractivity contribution in [3.05, 3.63) is 29.8 Å². The van der Waals surface area contributed by atoms with E-state index < -0.39 is 0 Å². The van der Waals surface area contributed by atoms with Crippen LogP contribution in [0.25, 0.3) is 0 Å². The van der Waals surface area contributed by atoms with Gasteiger partial charge in [-0.15, -0.1) is 12.4 Å². The maximum atomic E-state index is 12.6. The molecule has 1 aromatic rings. The second-order valence-corrected chi connectivity index (χ2v) is 5.96. The maximum absolute atomic E-state index is 12.6. The molecular weight excluding hydrogens is 288 g/mol. The molecule has 0 bridgehead atoms. The largest absolute Gasteiger partial charge is 0.497 e. The molecule has 1 spiro atoms. The van der Waals surface area contributed by atoms with Gasteiger partial charge in [-0.25, -0.2) is 0 Å². The summed E-state index contributed by atoms with van der Waals surface area (Å²) in [6.07, 6.45) is 3.52. The fourth-order valence-corrected chi connectivity index (χ4v) is 3.41. The van der Waals surface area contributed by atoms with Crippen LogP contribution in [-0.2, 0) is 0 Å². The first-order chi connectivity index (χ1) is 9.72. The first-order valence-electron chi connectivity index (χ1n) is 7.37. The number of likely N-dealkylation sites (tertiary alicyclic amines) is 1. The summed E-state index contributed by atoms with van der Waals surface area (Å²) in [5.74, 6) is 0.880. The number of ether oxygens (including phenoxy) is 1. The first kappa shape index (κ1) is 16.1. The molecule has 5 heteroatoms. The number of amides is 1. The predicted molar refractivity (Wildman–Crippen MR) is 85.3 cm³/mol. The number of benzene rings is 1. The lowest BCUT2D eigenvalue weighted by Gasteiger charge is -2.33. The van der Waals surface area contributed by atoms with E-state index in [0.717, 1.165) is 43.9 Å². The van der Waals surface area contributed by atoms with Gasteiger partial charge in [0.2, 0.25) is 0 Å². The minimum atomic E-state index is 0. The van der Waals surface area contributed by atoms with E-state index in [1.165, 1.54) is 12.8 Å². The summed E-state index contributed by atoms with van der Waals surface area (Å²) in [6, 6.07) is 7.45. The Morgan fingerprint density at radius 3 is 2.76 bits per heavy atom. The lowest BCUT2D eigenvalue weighted by Crippen LogP contribution is -2.39. The second kappa shape index (κ2) is 6.67. The Hall–Kier alpha value is -1.26. The van der Waals surface area contributed by atoms with Crippen molar-refractivity contribution in [2.75, 3.05) is 33.3 Å². The highest BCUT2D eigenvalue weighted by Gasteiger charge is 2.40. The molecule has 2 aliphatic rings. The van der Waals surface area contributed by atoms with Gasteiger partial charge in [0.15, 0.2) is 0 Å². The third-order valence-electron chi connectivity index (χ3n) is 4.71. The molecule has 1 amide bonds. The van der Waals surface area contributed by atoms with Crippen LogP contribution in [0.5, 0.6) is 5.75 Å². The van der Waals surface area contributed by atoms with Crippen molar-refractivity contribution in [1.29, 1.82) is 0 Å². The minimum absolute atomic E-state index is 0. The Balaban J connectivity index is 0.00000161. The van der Waals surface area contributed by atoms with E-state index >= 15 is 0 Å².